The van der Waals surface area contributed by atoms with Crippen molar-refractivity contribution >= 4 is 5.69 Å². The van der Waals surface area contributed by atoms with Crippen molar-refractivity contribution < 1.29 is 4.92 Å². The largest absolute Gasteiger partial charge is 0.316 e. The van der Waals surface area contributed by atoms with Crippen LogP contribution < -0.4 is 5.32 Å². The van der Waals surface area contributed by atoms with E-state index in [2.05, 4.69) is 31.2 Å². The van der Waals surface area contributed by atoms with E-state index in [-0.39, 0.29) is 28.0 Å². The lowest BCUT2D eigenvalue weighted by Gasteiger charge is -2.30. The summed E-state index contributed by atoms with van der Waals surface area (Å²) in [5.41, 5.74) is 1.45. The number of nitro groups is 1. The highest BCUT2D eigenvalue weighted by atomic mass is 16.6. The van der Waals surface area contributed by atoms with Crippen LogP contribution in [0.5, 0.6) is 0 Å². The zero-order valence-electron chi connectivity index (χ0n) is 13.5. The molecular formula is C14H26N4O2. The summed E-state index contributed by atoms with van der Waals surface area (Å²) in [5.74, 6) is 0.0398. The van der Waals surface area contributed by atoms with Gasteiger partial charge in [0.15, 0.2) is 0 Å². The lowest BCUT2D eigenvalue weighted by Crippen LogP contribution is -2.40. The van der Waals surface area contributed by atoms with Crippen molar-refractivity contribution in [3.05, 3.63) is 21.5 Å². The highest BCUT2D eigenvalue weighted by Gasteiger charge is 2.32. The van der Waals surface area contributed by atoms with E-state index >= 15 is 0 Å². The second-order valence-electron chi connectivity index (χ2n) is 6.63. The Bertz CT molecular complexity index is 486. The molecule has 1 aromatic rings. The third kappa shape index (κ3) is 3.36. The Morgan fingerprint density at radius 2 is 1.95 bits per heavy atom. The van der Waals surface area contributed by atoms with Gasteiger partial charge >= 0.3 is 5.69 Å². The lowest BCUT2D eigenvalue weighted by molar-refractivity contribution is -0.386. The van der Waals surface area contributed by atoms with Gasteiger partial charge in [-0.15, -0.1) is 0 Å². The molecule has 0 radical (unpaired) electrons. The molecular weight excluding hydrogens is 256 g/mol. The molecule has 0 amide bonds. The zero-order valence-corrected chi connectivity index (χ0v) is 13.5. The minimum absolute atomic E-state index is 0.0187. The van der Waals surface area contributed by atoms with Crippen LogP contribution in [-0.4, -0.2) is 27.8 Å². The molecule has 0 saturated heterocycles. The Balaban J connectivity index is 3.27. The predicted molar refractivity (Wildman–Crippen MR) is 80.0 cm³/mol. The molecule has 0 saturated carbocycles. The van der Waals surface area contributed by atoms with Crippen molar-refractivity contribution in [2.75, 3.05) is 7.05 Å². The third-order valence-corrected chi connectivity index (χ3v) is 3.69. The topological polar surface area (TPSA) is 73.0 Å². The maximum Gasteiger partial charge on any atom is 0.313 e. The first-order chi connectivity index (χ1) is 9.09. The van der Waals surface area contributed by atoms with Crippen LogP contribution in [0.4, 0.5) is 5.69 Å². The molecule has 1 N–H and O–H groups in total. The van der Waals surface area contributed by atoms with Crippen LogP contribution in [0.15, 0.2) is 0 Å². The van der Waals surface area contributed by atoms with E-state index in [1.165, 1.54) is 0 Å². The van der Waals surface area contributed by atoms with Crippen molar-refractivity contribution in [2.45, 2.75) is 53.0 Å². The molecule has 0 aliphatic heterocycles. The lowest BCUT2D eigenvalue weighted by atomic mass is 9.84. The number of hydrogen-bond acceptors (Lipinski definition) is 4. The van der Waals surface area contributed by atoms with Crippen molar-refractivity contribution in [1.82, 2.24) is 15.1 Å². The van der Waals surface area contributed by atoms with Crippen molar-refractivity contribution in [3.8, 4) is 0 Å². The predicted octanol–water partition coefficient (Wildman–Crippen LogP) is 2.63. The monoisotopic (exact) mass is 282 g/mol. The third-order valence-electron chi connectivity index (χ3n) is 3.69. The van der Waals surface area contributed by atoms with Gasteiger partial charge in [0, 0.05) is 25.4 Å². The van der Waals surface area contributed by atoms with Crippen LogP contribution in [0, 0.1) is 15.5 Å². The fourth-order valence-electron chi connectivity index (χ4n) is 2.42. The summed E-state index contributed by atoms with van der Waals surface area (Å²) in [6, 6.07) is 0.150. The molecule has 1 rings (SSSR count). The molecule has 1 heterocycles. The van der Waals surface area contributed by atoms with E-state index in [1.807, 2.05) is 20.9 Å². The standard InChI is InChI=1S/C14H26N4O2/c1-9(2)12-13(18(19)20)10(17(7)16-12)8-11(15-6)14(3,4)5/h9,11,15H,8H2,1-7H3. The normalized spacial score (nSPS) is 13.8. The number of nitrogens with one attached hydrogen (secondary N) is 1. The second-order valence-corrected chi connectivity index (χ2v) is 6.63. The minimum Gasteiger partial charge on any atom is -0.316 e. The first kappa shape index (κ1) is 16.6. The molecule has 0 aliphatic carbocycles. The number of rotatable bonds is 5. The Morgan fingerprint density at radius 1 is 1.40 bits per heavy atom. The molecule has 1 aromatic heterocycles. The molecule has 6 nitrogen and oxygen atoms in total. The first-order valence-corrected chi connectivity index (χ1v) is 6.97. The molecule has 0 aliphatic rings. The molecule has 20 heavy (non-hydrogen) atoms. The molecule has 1 unspecified atom stereocenters. The molecule has 0 bridgehead atoms. The Labute approximate surface area is 120 Å². The molecule has 0 fully saturated rings. The quantitative estimate of drug-likeness (QED) is 0.665. The summed E-state index contributed by atoms with van der Waals surface area (Å²) in [5, 5.41) is 19.0. The van der Waals surface area contributed by atoms with Crippen LogP contribution in [0.25, 0.3) is 0 Å². The summed E-state index contributed by atoms with van der Waals surface area (Å²) in [6.45, 7) is 10.2. The fourth-order valence-corrected chi connectivity index (χ4v) is 2.42. The Hall–Kier alpha value is -1.43. The molecule has 1 atom stereocenters. The van der Waals surface area contributed by atoms with Crippen LogP contribution in [-0.2, 0) is 13.5 Å². The SMILES string of the molecule is CNC(Cc1c([N+](=O)[O-])c(C(C)C)nn1C)C(C)(C)C. The number of aromatic nitrogens is 2. The average Bonchev–Trinajstić information content (AvgIpc) is 2.61. The van der Waals surface area contributed by atoms with Gasteiger partial charge in [-0.05, 0) is 12.5 Å². The van der Waals surface area contributed by atoms with Gasteiger partial charge in [0.2, 0.25) is 0 Å². The van der Waals surface area contributed by atoms with Crippen LogP contribution in [0.2, 0.25) is 0 Å². The molecule has 6 heteroatoms. The minimum atomic E-state index is -0.299. The number of nitrogens with zero attached hydrogens (tertiary/aromatic N) is 3. The van der Waals surface area contributed by atoms with E-state index in [4.69, 9.17) is 0 Å². The summed E-state index contributed by atoms with van der Waals surface area (Å²) in [7, 11) is 3.67. The fraction of sp³-hybridized carbons (Fsp3) is 0.786. The molecule has 0 aromatic carbocycles. The highest BCUT2D eigenvalue weighted by Crippen LogP contribution is 2.32. The van der Waals surface area contributed by atoms with E-state index in [0.29, 0.717) is 17.8 Å². The van der Waals surface area contributed by atoms with Crippen molar-refractivity contribution in [1.29, 1.82) is 0 Å². The van der Waals surface area contributed by atoms with Gasteiger partial charge in [-0.1, -0.05) is 34.6 Å². The van der Waals surface area contributed by atoms with Gasteiger partial charge in [0.05, 0.1) is 4.92 Å². The van der Waals surface area contributed by atoms with Gasteiger partial charge in [-0.25, -0.2) is 0 Å². The number of hydrogen-bond donors (Lipinski definition) is 1. The van der Waals surface area contributed by atoms with Gasteiger partial charge in [0.25, 0.3) is 0 Å². The zero-order chi connectivity index (χ0) is 15.7. The molecule has 114 valence electrons. The van der Waals surface area contributed by atoms with Crippen molar-refractivity contribution in [3.63, 3.8) is 0 Å². The van der Waals surface area contributed by atoms with Gasteiger partial charge < -0.3 is 5.32 Å². The summed E-state index contributed by atoms with van der Waals surface area (Å²) in [4.78, 5) is 11.1. The summed E-state index contributed by atoms with van der Waals surface area (Å²) < 4.78 is 1.66. The van der Waals surface area contributed by atoms with Crippen LogP contribution in [0.1, 0.15) is 51.9 Å². The van der Waals surface area contributed by atoms with E-state index in [0.717, 1.165) is 0 Å². The maximum absolute atomic E-state index is 11.4. The second kappa shape index (κ2) is 5.91. The Morgan fingerprint density at radius 3 is 2.30 bits per heavy atom. The van der Waals surface area contributed by atoms with E-state index in [9.17, 15) is 10.1 Å². The first-order valence-electron chi connectivity index (χ1n) is 6.97. The van der Waals surface area contributed by atoms with Crippen LogP contribution >= 0.6 is 0 Å². The van der Waals surface area contributed by atoms with Crippen LogP contribution in [0.3, 0.4) is 0 Å². The highest BCUT2D eigenvalue weighted by molar-refractivity contribution is 5.43. The average molecular weight is 282 g/mol. The van der Waals surface area contributed by atoms with E-state index < -0.39 is 0 Å². The number of likely N-dealkylation sites (N-methyl/N-ethyl adjacent to an activating group) is 1. The van der Waals surface area contributed by atoms with Gasteiger partial charge in [-0.2, -0.15) is 5.10 Å². The van der Waals surface area contributed by atoms with Gasteiger partial charge in [0.1, 0.15) is 11.4 Å². The maximum atomic E-state index is 11.4. The number of aryl methyl sites for hydroxylation is 1. The van der Waals surface area contributed by atoms with Crippen molar-refractivity contribution in [2.24, 2.45) is 12.5 Å². The molecule has 0 spiro atoms. The smallest absolute Gasteiger partial charge is 0.313 e. The summed E-state index contributed by atoms with van der Waals surface area (Å²) >= 11 is 0. The summed E-state index contributed by atoms with van der Waals surface area (Å²) in [6.07, 6.45) is 0.590. The Kier molecular flexibility index (Phi) is 4.91. The van der Waals surface area contributed by atoms with Gasteiger partial charge in [-0.3, -0.25) is 14.8 Å². The van der Waals surface area contributed by atoms with E-state index in [1.54, 1.807) is 11.7 Å².